The summed E-state index contributed by atoms with van der Waals surface area (Å²) in [5.74, 6) is 1.51. The first-order chi connectivity index (χ1) is 14.2. The summed E-state index contributed by atoms with van der Waals surface area (Å²) < 4.78 is 11.4. The molecule has 4 nitrogen and oxygen atoms in total. The third-order valence-electron chi connectivity index (χ3n) is 6.40. The summed E-state index contributed by atoms with van der Waals surface area (Å²) >= 11 is 0. The fraction of sp³-hybridized carbons (Fsp3) is 0.480. The molecule has 1 atom stereocenters. The van der Waals surface area contributed by atoms with Crippen LogP contribution in [0.1, 0.15) is 60.4 Å². The van der Waals surface area contributed by atoms with Gasteiger partial charge in [0.15, 0.2) is 0 Å². The van der Waals surface area contributed by atoms with Crippen LogP contribution >= 0.6 is 0 Å². The molecule has 0 aromatic heterocycles. The Balaban J connectivity index is 1.28. The van der Waals surface area contributed by atoms with Gasteiger partial charge in [-0.1, -0.05) is 30.3 Å². The number of hydrogen-bond acceptors (Lipinski definition) is 3. The molecule has 29 heavy (non-hydrogen) atoms. The third-order valence-corrected chi connectivity index (χ3v) is 6.40. The van der Waals surface area contributed by atoms with Crippen molar-refractivity contribution in [2.45, 2.75) is 56.6 Å². The summed E-state index contributed by atoms with van der Waals surface area (Å²) in [7, 11) is 1.94. The van der Waals surface area contributed by atoms with E-state index in [4.69, 9.17) is 9.47 Å². The average molecular weight is 394 g/mol. The van der Waals surface area contributed by atoms with E-state index in [1.54, 1.807) is 0 Å². The molecule has 2 fully saturated rings. The summed E-state index contributed by atoms with van der Waals surface area (Å²) in [5, 5.41) is 0. The Kier molecular flexibility index (Phi) is 6.50. The molecule has 1 saturated carbocycles. The van der Waals surface area contributed by atoms with E-state index in [0.29, 0.717) is 18.6 Å². The lowest BCUT2D eigenvalue weighted by Crippen LogP contribution is -2.39. The van der Waals surface area contributed by atoms with Crippen LogP contribution in [0, 0.1) is 0 Å². The minimum atomic E-state index is 0.0961. The van der Waals surface area contributed by atoms with Crippen molar-refractivity contribution in [1.29, 1.82) is 0 Å². The fourth-order valence-electron chi connectivity index (χ4n) is 4.55. The molecule has 1 unspecified atom stereocenters. The van der Waals surface area contributed by atoms with E-state index < -0.39 is 0 Å². The highest BCUT2D eigenvalue weighted by atomic mass is 16.5. The van der Waals surface area contributed by atoms with Crippen LogP contribution in [0.2, 0.25) is 0 Å². The number of carbonyl (C=O) groups is 1. The Morgan fingerprint density at radius 2 is 1.72 bits per heavy atom. The predicted octanol–water partition coefficient (Wildman–Crippen LogP) is 5.04. The van der Waals surface area contributed by atoms with Gasteiger partial charge in [-0.25, -0.2) is 0 Å². The van der Waals surface area contributed by atoms with E-state index in [-0.39, 0.29) is 12.0 Å². The Hall–Kier alpha value is -2.33. The van der Waals surface area contributed by atoms with Gasteiger partial charge in [-0.2, -0.15) is 0 Å². The summed E-state index contributed by atoms with van der Waals surface area (Å²) in [6.07, 6.45) is 6.78. The van der Waals surface area contributed by atoms with Crippen molar-refractivity contribution in [3.05, 3.63) is 65.7 Å². The SMILES string of the molecule is CN(C(=O)c1ccc(OCC2CCCO2)cc1)C1CCC(c2ccccc2)CC1. The molecular formula is C25H31NO3. The van der Waals surface area contributed by atoms with Crippen molar-refractivity contribution in [2.75, 3.05) is 20.3 Å². The molecule has 4 heteroatoms. The van der Waals surface area contributed by atoms with Gasteiger partial charge in [0.05, 0.1) is 6.10 Å². The molecule has 1 saturated heterocycles. The molecule has 1 aliphatic carbocycles. The van der Waals surface area contributed by atoms with E-state index in [2.05, 4.69) is 30.3 Å². The van der Waals surface area contributed by atoms with Crippen LogP contribution in [0.5, 0.6) is 5.75 Å². The van der Waals surface area contributed by atoms with Crippen molar-refractivity contribution in [1.82, 2.24) is 4.90 Å². The summed E-state index contributed by atoms with van der Waals surface area (Å²) in [6.45, 7) is 1.42. The van der Waals surface area contributed by atoms with E-state index in [0.717, 1.165) is 56.4 Å². The number of rotatable bonds is 6. The van der Waals surface area contributed by atoms with Gasteiger partial charge in [0.25, 0.3) is 5.91 Å². The van der Waals surface area contributed by atoms with Crippen LogP contribution in [0.4, 0.5) is 0 Å². The van der Waals surface area contributed by atoms with Crippen molar-refractivity contribution in [3.8, 4) is 5.75 Å². The smallest absolute Gasteiger partial charge is 0.253 e. The molecular weight excluding hydrogens is 362 g/mol. The van der Waals surface area contributed by atoms with Crippen LogP contribution in [0.15, 0.2) is 54.6 Å². The van der Waals surface area contributed by atoms with E-state index in [1.807, 2.05) is 36.2 Å². The Morgan fingerprint density at radius 1 is 1.00 bits per heavy atom. The molecule has 4 rings (SSSR count). The first kappa shape index (κ1) is 20.0. The van der Waals surface area contributed by atoms with Gasteiger partial charge >= 0.3 is 0 Å². The molecule has 0 radical (unpaired) electrons. The van der Waals surface area contributed by atoms with Gasteiger partial charge in [0.2, 0.25) is 0 Å². The van der Waals surface area contributed by atoms with Gasteiger partial charge in [0.1, 0.15) is 12.4 Å². The topological polar surface area (TPSA) is 38.8 Å². The molecule has 1 amide bonds. The maximum absolute atomic E-state index is 12.9. The number of hydrogen-bond donors (Lipinski definition) is 0. The number of nitrogens with zero attached hydrogens (tertiary/aromatic N) is 1. The molecule has 0 bridgehead atoms. The van der Waals surface area contributed by atoms with Gasteiger partial charge in [-0.05, 0) is 74.3 Å². The van der Waals surface area contributed by atoms with Crippen LogP contribution in [-0.2, 0) is 4.74 Å². The van der Waals surface area contributed by atoms with Crippen LogP contribution in [0.25, 0.3) is 0 Å². The van der Waals surface area contributed by atoms with Crippen molar-refractivity contribution < 1.29 is 14.3 Å². The second-order valence-corrected chi connectivity index (χ2v) is 8.30. The lowest BCUT2D eigenvalue weighted by atomic mass is 9.81. The Bertz CT molecular complexity index is 775. The summed E-state index contributed by atoms with van der Waals surface area (Å²) in [5.41, 5.74) is 2.15. The molecule has 2 aliphatic rings. The third kappa shape index (κ3) is 4.99. The molecule has 1 heterocycles. The molecule has 2 aromatic rings. The Morgan fingerprint density at radius 3 is 2.38 bits per heavy atom. The fourth-order valence-corrected chi connectivity index (χ4v) is 4.55. The molecule has 2 aromatic carbocycles. The van der Waals surface area contributed by atoms with Gasteiger partial charge < -0.3 is 14.4 Å². The van der Waals surface area contributed by atoms with Gasteiger partial charge in [0, 0.05) is 25.3 Å². The van der Waals surface area contributed by atoms with Crippen LogP contribution < -0.4 is 4.74 Å². The lowest BCUT2D eigenvalue weighted by molar-refractivity contribution is 0.0674. The molecule has 0 spiro atoms. The standard InChI is InChI=1S/C25H31NO3/c1-26(22-13-9-20(10-14-22)19-6-3-2-4-7-19)25(27)21-11-15-23(16-12-21)29-18-24-8-5-17-28-24/h2-4,6-7,11-12,15-16,20,22,24H,5,8-10,13-14,17-18H2,1H3. The second kappa shape index (κ2) is 9.45. The van der Waals surface area contributed by atoms with E-state index >= 15 is 0 Å². The Labute approximate surface area is 173 Å². The molecule has 154 valence electrons. The van der Waals surface area contributed by atoms with Gasteiger partial charge in [-0.15, -0.1) is 0 Å². The monoisotopic (exact) mass is 393 g/mol. The average Bonchev–Trinajstić information content (AvgIpc) is 3.31. The normalized spacial score (nSPS) is 24.2. The zero-order chi connectivity index (χ0) is 20.1. The highest BCUT2D eigenvalue weighted by Crippen LogP contribution is 2.34. The number of amides is 1. The van der Waals surface area contributed by atoms with Crippen molar-refractivity contribution in [2.24, 2.45) is 0 Å². The maximum atomic E-state index is 12.9. The van der Waals surface area contributed by atoms with Crippen molar-refractivity contribution in [3.63, 3.8) is 0 Å². The first-order valence-corrected chi connectivity index (χ1v) is 10.9. The van der Waals surface area contributed by atoms with Gasteiger partial charge in [-0.3, -0.25) is 4.79 Å². The van der Waals surface area contributed by atoms with Crippen LogP contribution in [-0.4, -0.2) is 43.2 Å². The minimum absolute atomic E-state index is 0.0961. The highest BCUT2D eigenvalue weighted by Gasteiger charge is 2.27. The maximum Gasteiger partial charge on any atom is 0.253 e. The molecule has 1 aliphatic heterocycles. The van der Waals surface area contributed by atoms with E-state index in [1.165, 1.54) is 5.56 Å². The number of ether oxygens (including phenoxy) is 2. The van der Waals surface area contributed by atoms with Crippen LogP contribution in [0.3, 0.4) is 0 Å². The minimum Gasteiger partial charge on any atom is -0.491 e. The number of benzene rings is 2. The summed E-state index contributed by atoms with van der Waals surface area (Å²) in [4.78, 5) is 14.9. The lowest BCUT2D eigenvalue weighted by Gasteiger charge is -2.35. The quantitative estimate of drug-likeness (QED) is 0.690. The zero-order valence-electron chi connectivity index (χ0n) is 17.3. The van der Waals surface area contributed by atoms with Crippen molar-refractivity contribution >= 4 is 5.91 Å². The number of carbonyl (C=O) groups excluding carboxylic acids is 1. The largest absolute Gasteiger partial charge is 0.491 e. The van der Waals surface area contributed by atoms with E-state index in [9.17, 15) is 4.79 Å². The highest BCUT2D eigenvalue weighted by molar-refractivity contribution is 5.94. The molecule has 0 N–H and O–H groups in total. The first-order valence-electron chi connectivity index (χ1n) is 10.9. The zero-order valence-corrected chi connectivity index (χ0v) is 17.3. The predicted molar refractivity (Wildman–Crippen MR) is 114 cm³/mol. The summed E-state index contributed by atoms with van der Waals surface area (Å²) in [6, 6.07) is 18.6. The second-order valence-electron chi connectivity index (χ2n) is 8.30.